The molecule has 1 aliphatic rings. The van der Waals surface area contributed by atoms with Gasteiger partial charge in [-0.25, -0.2) is 0 Å². The summed E-state index contributed by atoms with van der Waals surface area (Å²) in [4.78, 5) is 15.2. The Morgan fingerprint density at radius 1 is 0.906 bits per heavy atom. The first-order valence-corrected chi connectivity index (χ1v) is 11.8. The Balaban J connectivity index is 1.25. The van der Waals surface area contributed by atoms with Gasteiger partial charge in [0.25, 0.3) is 5.91 Å². The minimum atomic E-state index is -0.0219. The Hall–Kier alpha value is -2.91. The number of piperidine rings is 1. The molecule has 0 unspecified atom stereocenters. The Morgan fingerprint density at radius 2 is 1.56 bits per heavy atom. The molecule has 3 heteroatoms. The molecule has 3 aromatic carbocycles. The zero-order valence-electron chi connectivity index (χ0n) is 19.3. The zero-order chi connectivity index (χ0) is 22.3. The van der Waals surface area contributed by atoms with Gasteiger partial charge in [0.05, 0.1) is 6.04 Å². The molecule has 0 aliphatic carbocycles. The van der Waals surface area contributed by atoms with Gasteiger partial charge in [0.1, 0.15) is 0 Å². The van der Waals surface area contributed by atoms with Crippen molar-refractivity contribution >= 4 is 5.91 Å². The molecule has 0 spiro atoms. The van der Waals surface area contributed by atoms with E-state index in [-0.39, 0.29) is 11.9 Å². The van der Waals surface area contributed by atoms with Gasteiger partial charge in [0, 0.05) is 12.1 Å². The molecule has 166 valence electrons. The molecule has 1 atom stereocenters. The van der Waals surface area contributed by atoms with E-state index in [4.69, 9.17) is 0 Å². The molecule has 4 rings (SSSR count). The van der Waals surface area contributed by atoms with Crippen LogP contribution in [0.25, 0.3) is 0 Å². The first-order valence-electron chi connectivity index (χ1n) is 11.8. The number of nitrogens with one attached hydrogen (secondary N) is 1. The summed E-state index contributed by atoms with van der Waals surface area (Å²) in [5.41, 5.74) is 5.79. The van der Waals surface area contributed by atoms with E-state index in [1.54, 1.807) is 0 Å². The second-order valence-corrected chi connectivity index (χ2v) is 9.21. The number of aryl methyl sites for hydroxylation is 1. The topological polar surface area (TPSA) is 32.3 Å². The summed E-state index contributed by atoms with van der Waals surface area (Å²) in [6.07, 6.45) is 3.71. The van der Waals surface area contributed by atoms with Crippen molar-refractivity contribution < 1.29 is 4.79 Å². The van der Waals surface area contributed by atoms with Gasteiger partial charge in [-0.15, -0.1) is 0 Å². The summed E-state index contributed by atoms with van der Waals surface area (Å²) in [5, 5.41) is 3.11. The maximum absolute atomic E-state index is 12.7. The summed E-state index contributed by atoms with van der Waals surface area (Å²) in [5.74, 6) is 0.765. The zero-order valence-corrected chi connectivity index (χ0v) is 19.3. The van der Waals surface area contributed by atoms with Crippen LogP contribution in [-0.4, -0.2) is 23.9 Å². The lowest BCUT2D eigenvalue weighted by Gasteiger charge is -2.32. The third-order valence-electron chi connectivity index (χ3n) is 6.62. The van der Waals surface area contributed by atoms with Crippen LogP contribution in [0, 0.1) is 12.8 Å². The van der Waals surface area contributed by atoms with Crippen LogP contribution in [0.5, 0.6) is 0 Å². The lowest BCUT2D eigenvalue weighted by molar-refractivity contribution is 0.0940. The van der Waals surface area contributed by atoms with E-state index in [1.807, 2.05) is 19.1 Å². The van der Waals surface area contributed by atoms with Crippen molar-refractivity contribution in [3.63, 3.8) is 0 Å². The van der Waals surface area contributed by atoms with Crippen molar-refractivity contribution in [2.75, 3.05) is 13.1 Å². The molecular weight excluding hydrogens is 392 g/mol. The van der Waals surface area contributed by atoms with Crippen molar-refractivity contribution in [1.29, 1.82) is 0 Å². The number of likely N-dealkylation sites (tertiary alicyclic amines) is 1. The molecule has 0 radical (unpaired) electrons. The molecule has 1 N–H and O–H groups in total. The monoisotopic (exact) mass is 426 g/mol. The number of carbonyl (C=O) groups is 1. The highest BCUT2D eigenvalue weighted by Gasteiger charge is 2.19. The number of amides is 1. The van der Waals surface area contributed by atoms with Crippen molar-refractivity contribution in [2.24, 2.45) is 5.92 Å². The summed E-state index contributed by atoms with van der Waals surface area (Å²) in [6, 6.07) is 27.2. The number of hydrogen-bond acceptors (Lipinski definition) is 2. The summed E-state index contributed by atoms with van der Waals surface area (Å²) in [6.45, 7) is 7.35. The van der Waals surface area contributed by atoms with Crippen LogP contribution in [-0.2, 0) is 13.0 Å². The van der Waals surface area contributed by atoms with E-state index >= 15 is 0 Å². The number of carbonyl (C=O) groups excluding carboxylic acids is 1. The predicted octanol–water partition coefficient (Wildman–Crippen LogP) is 5.94. The molecule has 0 saturated carbocycles. The van der Waals surface area contributed by atoms with E-state index < -0.39 is 0 Å². The van der Waals surface area contributed by atoms with Gasteiger partial charge in [0.15, 0.2) is 0 Å². The third kappa shape index (κ3) is 6.08. The van der Waals surface area contributed by atoms with Gasteiger partial charge in [0.2, 0.25) is 0 Å². The van der Waals surface area contributed by atoms with Crippen molar-refractivity contribution in [1.82, 2.24) is 10.2 Å². The standard InChI is InChI=1S/C29H34N2O/c1-22-8-12-27(13-9-22)23(2)30-29(32)28-14-10-26(11-15-28)21-31-18-16-25(17-19-31)20-24-6-4-3-5-7-24/h3-15,23,25H,16-21H2,1-2H3,(H,30,32)/t23-/m0/s1. The second kappa shape index (κ2) is 10.6. The lowest BCUT2D eigenvalue weighted by Crippen LogP contribution is -2.33. The van der Waals surface area contributed by atoms with Crippen LogP contribution < -0.4 is 5.32 Å². The Labute approximate surface area is 192 Å². The van der Waals surface area contributed by atoms with Crippen LogP contribution in [0.4, 0.5) is 0 Å². The van der Waals surface area contributed by atoms with Crippen molar-refractivity contribution in [2.45, 2.75) is 45.7 Å². The maximum Gasteiger partial charge on any atom is 0.251 e. The largest absolute Gasteiger partial charge is 0.346 e. The van der Waals surface area contributed by atoms with E-state index in [0.717, 1.165) is 31.1 Å². The number of benzene rings is 3. The lowest BCUT2D eigenvalue weighted by atomic mass is 9.90. The molecule has 3 aromatic rings. The highest BCUT2D eigenvalue weighted by Crippen LogP contribution is 2.23. The molecule has 1 aliphatic heterocycles. The van der Waals surface area contributed by atoms with Crippen LogP contribution in [0.3, 0.4) is 0 Å². The Morgan fingerprint density at radius 3 is 2.22 bits per heavy atom. The molecule has 0 aromatic heterocycles. The maximum atomic E-state index is 12.7. The van der Waals surface area contributed by atoms with E-state index in [0.29, 0.717) is 5.56 Å². The Kier molecular flexibility index (Phi) is 7.39. The van der Waals surface area contributed by atoms with Crippen LogP contribution in [0.2, 0.25) is 0 Å². The average molecular weight is 427 g/mol. The highest BCUT2D eigenvalue weighted by atomic mass is 16.1. The quantitative estimate of drug-likeness (QED) is 0.507. The normalized spacial score (nSPS) is 15.9. The van der Waals surface area contributed by atoms with Gasteiger partial charge in [-0.3, -0.25) is 9.69 Å². The summed E-state index contributed by atoms with van der Waals surface area (Å²) < 4.78 is 0. The van der Waals surface area contributed by atoms with Crippen LogP contribution in [0.15, 0.2) is 78.9 Å². The van der Waals surface area contributed by atoms with Crippen molar-refractivity contribution in [3.8, 4) is 0 Å². The van der Waals surface area contributed by atoms with Crippen LogP contribution >= 0.6 is 0 Å². The average Bonchev–Trinajstić information content (AvgIpc) is 2.82. The fourth-order valence-corrected chi connectivity index (χ4v) is 4.53. The van der Waals surface area contributed by atoms with Crippen molar-refractivity contribution in [3.05, 3.63) is 107 Å². The summed E-state index contributed by atoms with van der Waals surface area (Å²) in [7, 11) is 0. The van der Waals surface area contributed by atoms with Crippen LogP contribution in [0.1, 0.15) is 58.4 Å². The molecule has 1 amide bonds. The van der Waals surface area contributed by atoms with Gasteiger partial charge in [-0.05, 0) is 80.9 Å². The van der Waals surface area contributed by atoms with E-state index in [2.05, 4.69) is 83.9 Å². The number of nitrogens with zero attached hydrogens (tertiary/aromatic N) is 1. The minimum Gasteiger partial charge on any atom is -0.346 e. The number of hydrogen-bond donors (Lipinski definition) is 1. The molecule has 1 saturated heterocycles. The van der Waals surface area contributed by atoms with E-state index in [1.165, 1.54) is 36.0 Å². The molecule has 1 fully saturated rings. The molecule has 3 nitrogen and oxygen atoms in total. The predicted molar refractivity (Wildman–Crippen MR) is 132 cm³/mol. The van der Waals surface area contributed by atoms with E-state index in [9.17, 15) is 4.79 Å². The van der Waals surface area contributed by atoms with Gasteiger partial charge in [-0.1, -0.05) is 72.3 Å². The minimum absolute atomic E-state index is 0.0139. The SMILES string of the molecule is Cc1ccc([C@H](C)NC(=O)c2ccc(CN3CCC(Cc4ccccc4)CC3)cc2)cc1. The fourth-order valence-electron chi connectivity index (χ4n) is 4.53. The fraction of sp³-hybridized carbons (Fsp3) is 0.345. The summed E-state index contributed by atoms with van der Waals surface area (Å²) >= 11 is 0. The Bertz CT molecular complexity index is 988. The first kappa shape index (κ1) is 22.3. The van der Waals surface area contributed by atoms with Gasteiger partial charge in [-0.2, -0.15) is 0 Å². The van der Waals surface area contributed by atoms with Gasteiger partial charge < -0.3 is 5.32 Å². The van der Waals surface area contributed by atoms with Gasteiger partial charge >= 0.3 is 0 Å². The number of rotatable bonds is 7. The molecular formula is C29H34N2O. The molecule has 32 heavy (non-hydrogen) atoms. The second-order valence-electron chi connectivity index (χ2n) is 9.21. The molecule has 0 bridgehead atoms. The smallest absolute Gasteiger partial charge is 0.251 e. The first-order chi connectivity index (χ1) is 15.6. The highest BCUT2D eigenvalue weighted by molar-refractivity contribution is 5.94. The third-order valence-corrected chi connectivity index (χ3v) is 6.62. The molecule has 1 heterocycles.